The highest BCUT2D eigenvalue weighted by atomic mass is 15.3. The molecular formula is C21H24N4. The molecule has 1 fully saturated rings. The molecule has 2 heterocycles. The van der Waals surface area contributed by atoms with Gasteiger partial charge in [-0.2, -0.15) is 0 Å². The summed E-state index contributed by atoms with van der Waals surface area (Å²) in [6, 6.07) is 17.0. The summed E-state index contributed by atoms with van der Waals surface area (Å²) in [7, 11) is 2.19. The van der Waals surface area contributed by atoms with Crippen LogP contribution in [0.3, 0.4) is 0 Å². The third-order valence-electron chi connectivity index (χ3n) is 5.01. The third-order valence-corrected chi connectivity index (χ3v) is 5.01. The van der Waals surface area contributed by atoms with Crippen molar-refractivity contribution >= 4 is 16.6 Å². The largest absolute Gasteiger partial charge is 0.353 e. The molecule has 3 aromatic rings. The second-order valence-corrected chi connectivity index (χ2v) is 6.93. The number of fused-ring (bicyclic) bond motifs is 1. The van der Waals surface area contributed by atoms with Crippen LogP contribution in [0.2, 0.25) is 0 Å². The number of hydrogen-bond donors (Lipinski definition) is 0. The van der Waals surface area contributed by atoms with E-state index in [2.05, 4.69) is 82.5 Å². The zero-order valence-corrected chi connectivity index (χ0v) is 14.9. The SMILES string of the molecule is Cc1ccc(-c2nnc(N3CCCN(C)CC3)c3ccccc23)cc1. The van der Waals surface area contributed by atoms with Crippen LogP contribution in [0.25, 0.3) is 22.0 Å². The van der Waals surface area contributed by atoms with E-state index in [9.17, 15) is 0 Å². The normalized spacial score (nSPS) is 16.2. The van der Waals surface area contributed by atoms with Crippen molar-refractivity contribution < 1.29 is 0 Å². The molecule has 1 aliphatic rings. The fourth-order valence-corrected chi connectivity index (χ4v) is 3.51. The molecule has 128 valence electrons. The molecule has 0 unspecified atom stereocenters. The molecule has 4 rings (SSSR count). The predicted octanol–water partition coefficient (Wildman–Crippen LogP) is 3.75. The smallest absolute Gasteiger partial charge is 0.159 e. The molecule has 1 aliphatic heterocycles. The Morgan fingerprint density at radius 1 is 0.800 bits per heavy atom. The van der Waals surface area contributed by atoms with Crippen LogP contribution in [-0.2, 0) is 0 Å². The van der Waals surface area contributed by atoms with E-state index in [0.717, 1.165) is 49.7 Å². The molecule has 2 aromatic carbocycles. The molecule has 0 bridgehead atoms. The summed E-state index contributed by atoms with van der Waals surface area (Å²) in [5, 5.41) is 11.6. The van der Waals surface area contributed by atoms with Crippen molar-refractivity contribution in [2.45, 2.75) is 13.3 Å². The number of nitrogens with zero attached hydrogens (tertiary/aromatic N) is 4. The molecule has 0 amide bonds. The summed E-state index contributed by atoms with van der Waals surface area (Å²) in [5.41, 5.74) is 3.34. The van der Waals surface area contributed by atoms with E-state index in [1.807, 2.05) is 0 Å². The molecule has 0 aliphatic carbocycles. The fraction of sp³-hybridized carbons (Fsp3) is 0.333. The summed E-state index contributed by atoms with van der Waals surface area (Å²) in [5.74, 6) is 1.02. The first-order valence-electron chi connectivity index (χ1n) is 8.98. The molecule has 4 nitrogen and oxygen atoms in total. The summed E-state index contributed by atoms with van der Waals surface area (Å²) < 4.78 is 0. The Balaban J connectivity index is 1.80. The Hall–Kier alpha value is -2.46. The van der Waals surface area contributed by atoms with E-state index in [1.165, 1.54) is 16.3 Å². The van der Waals surface area contributed by atoms with Crippen molar-refractivity contribution in [3.63, 3.8) is 0 Å². The van der Waals surface area contributed by atoms with Gasteiger partial charge in [0.1, 0.15) is 5.69 Å². The maximum Gasteiger partial charge on any atom is 0.159 e. The van der Waals surface area contributed by atoms with Crippen LogP contribution in [-0.4, -0.2) is 48.3 Å². The van der Waals surface area contributed by atoms with Crippen molar-refractivity contribution in [1.82, 2.24) is 15.1 Å². The highest BCUT2D eigenvalue weighted by molar-refractivity contribution is 6.00. The van der Waals surface area contributed by atoms with Gasteiger partial charge in [0.25, 0.3) is 0 Å². The number of anilines is 1. The van der Waals surface area contributed by atoms with Gasteiger partial charge >= 0.3 is 0 Å². The minimum Gasteiger partial charge on any atom is -0.353 e. The highest BCUT2D eigenvalue weighted by Gasteiger charge is 2.18. The van der Waals surface area contributed by atoms with Crippen LogP contribution in [0.5, 0.6) is 0 Å². The van der Waals surface area contributed by atoms with Gasteiger partial charge in [0.05, 0.1) is 0 Å². The molecule has 25 heavy (non-hydrogen) atoms. The van der Waals surface area contributed by atoms with Gasteiger partial charge in [0.15, 0.2) is 5.82 Å². The number of hydrogen-bond acceptors (Lipinski definition) is 4. The van der Waals surface area contributed by atoms with Crippen molar-refractivity contribution in [2.24, 2.45) is 0 Å². The van der Waals surface area contributed by atoms with Gasteiger partial charge in [0.2, 0.25) is 0 Å². The number of benzene rings is 2. The Labute approximate surface area is 149 Å². The zero-order valence-electron chi connectivity index (χ0n) is 14.9. The lowest BCUT2D eigenvalue weighted by Gasteiger charge is -2.23. The van der Waals surface area contributed by atoms with Crippen molar-refractivity contribution in [3.8, 4) is 11.3 Å². The minimum atomic E-state index is 0.964. The number of aromatic nitrogens is 2. The molecule has 0 spiro atoms. The van der Waals surface area contributed by atoms with Gasteiger partial charge in [-0.1, -0.05) is 54.1 Å². The van der Waals surface area contributed by atoms with Crippen LogP contribution in [0.4, 0.5) is 5.82 Å². The van der Waals surface area contributed by atoms with Crippen LogP contribution < -0.4 is 4.90 Å². The Bertz CT molecular complexity index is 873. The molecule has 0 N–H and O–H groups in total. The molecule has 0 atom stereocenters. The summed E-state index contributed by atoms with van der Waals surface area (Å²) >= 11 is 0. The van der Waals surface area contributed by atoms with Gasteiger partial charge in [0, 0.05) is 36.0 Å². The van der Waals surface area contributed by atoms with E-state index in [0.29, 0.717) is 0 Å². The van der Waals surface area contributed by atoms with Crippen LogP contribution in [0.1, 0.15) is 12.0 Å². The second kappa shape index (κ2) is 6.81. The van der Waals surface area contributed by atoms with Gasteiger partial charge in [-0.3, -0.25) is 0 Å². The van der Waals surface area contributed by atoms with E-state index >= 15 is 0 Å². The quantitative estimate of drug-likeness (QED) is 0.715. The topological polar surface area (TPSA) is 32.3 Å². The van der Waals surface area contributed by atoms with Crippen LogP contribution in [0.15, 0.2) is 48.5 Å². The Morgan fingerprint density at radius 3 is 2.36 bits per heavy atom. The lowest BCUT2D eigenvalue weighted by molar-refractivity contribution is 0.360. The Kier molecular flexibility index (Phi) is 4.36. The third kappa shape index (κ3) is 3.22. The van der Waals surface area contributed by atoms with E-state index in [4.69, 9.17) is 0 Å². The molecule has 4 heteroatoms. The van der Waals surface area contributed by atoms with Crippen molar-refractivity contribution in [3.05, 3.63) is 54.1 Å². The van der Waals surface area contributed by atoms with E-state index in [-0.39, 0.29) is 0 Å². The number of aryl methyl sites for hydroxylation is 1. The molecular weight excluding hydrogens is 308 g/mol. The first kappa shape index (κ1) is 16.0. The molecule has 1 saturated heterocycles. The lowest BCUT2D eigenvalue weighted by atomic mass is 10.0. The Morgan fingerprint density at radius 2 is 1.56 bits per heavy atom. The molecule has 0 saturated carbocycles. The summed E-state index contributed by atoms with van der Waals surface area (Å²) in [6.45, 7) is 6.35. The molecule has 0 radical (unpaired) electrons. The number of likely N-dealkylation sites (N-methyl/N-ethyl adjacent to an activating group) is 1. The monoisotopic (exact) mass is 332 g/mol. The van der Waals surface area contributed by atoms with Crippen LogP contribution in [0, 0.1) is 6.92 Å². The first-order chi connectivity index (χ1) is 12.2. The highest BCUT2D eigenvalue weighted by Crippen LogP contribution is 2.31. The summed E-state index contributed by atoms with van der Waals surface area (Å²) in [6.07, 6.45) is 1.16. The number of rotatable bonds is 2. The lowest BCUT2D eigenvalue weighted by Crippen LogP contribution is -2.29. The fourth-order valence-electron chi connectivity index (χ4n) is 3.51. The van der Waals surface area contributed by atoms with Gasteiger partial charge in [-0.15, -0.1) is 10.2 Å². The van der Waals surface area contributed by atoms with Crippen molar-refractivity contribution in [1.29, 1.82) is 0 Å². The van der Waals surface area contributed by atoms with Gasteiger partial charge < -0.3 is 9.80 Å². The van der Waals surface area contributed by atoms with Crippen molar-refractivity contribution in [2.75, 3.05) is 38.1 Å². The zero-order chi connectivity index (χ0) is 17.2. The molecule has 1 aromatic heterocycles. The summed E-state index contributed by atoms with van der Waals surface area (Å²) in [4.78, 5) is 4.77. The van der Waals surface area contributed by atoms with Crippen LogP contribution >= 0.6 is 0 Å². The average molecular weight is 332 g/mol. The maximum atomic E-state index is 4.65. The van der Waals surface area contributed by atoms with Gasteiger partial charge in [-0.05, 0) is 26.9 Å². The predicted molar refractivity (Wildman–Crippen MR) is 104 cm³/mol. The average Bonchev–Trinajstić information content (AvgIpc) is 2.86. The minimum absolute atomic E-state index is 0.964. The standard InChI is InChI=1S/C21H24N4/c1-16-8-10-17(11-9-16)20-18-6-3-4-7-19(18)21(23-22-20)25-13-5-12-24(2)14-15-25/h3-4,6-11H,5,12-15H2,1-2H3. The van der Waals surface area contributed by atoms with E-state index < -0.39 is 0 Å². The van der Waals surface area contributed by atoms with Gasteiger partial charge in [-0.25, -0.2) is 0 Å². The maximum absolute atomic E-state index is 4.65. The first-order valence-corrected chi connectivity index (χ1v) is 8.98. The van der Waals surface area contributed by atoms with E-state index in [1.54, 1.807) is 0 Å². The second-order valence-electron chi connectivity index (χ2n) is 6.93.